The van der Waals surface area contributed by atoms with Gasteiger partial charge in [0.25, 0.3) is 5.43 Å². The number of hydrogen-bond acceptors (Lipinski definition) is 4. The van der Waals surface area contributed by atoms with Crippen LogP contribution in [0.3, 0.4) is 0 Å². The zero-order chi connectivity index (χ0) is 14.9. The van der Waals surface area contributed by atoms with Gasteiger partial charge in [0.05, 0.1) is 13.3 Å². The lowest BCUT2D eigenvalue weighted by atomic mass is 10.2. The van der Waals surface area contributed by atoms with Crippen LogP contribution in [0.4, 0.5) is 4.39 Å². The average molecular weight is 276 g/mol. The van der Waals surface area contributed by atoms with Crippen molar-refractivity contribution in [1.29, 1.82) is 0 Å². The van der Waals surface area contributed by atoms with E-state index in [-0.39, 0.29) is 17.1 Å². The standard InChI is InChI=1S/C14H13FN2O3/c1-8-4-5-11(10(15)6-8)17-7-12(20-3)14(19)13(16-17)9(2)18/h4-7H,1-3H3. The number of Topliss-reactive ketones (excluding diaryl/α,β-unsaturated/α-hetero) is 1. The summed E-state index contributed by atoms with van der Waals surface area (Å²) in [5.41, 5.74) is -0.00412. The van der Waals surface area contributed by atoms with Crippen molar-refractivity contribution in [1.82, 2.24) is 9.78 Å². The fraction of sp³-hybridized carbons (Fsp3) is 0.214. The van der Waals surface area contributed by atoms with Crippen molar-refractivity contribution in [2.45, 2.75) is 13.8 Å². The summed E-state index contributed by atoms with van der Waals surface area (Å²) in [6.07, 6.45) is 1.25. The molecule has 0 saturated heterocycles. The maximum Gasteiger partial charge on any atom is 0.252 e. The Morgan fingerprint density at radius 2 is 2.10 bits per heavy atom. The molecule has 2 rings (SSSR count). The predicted molar refractivity (Wildman–Crippen MR) is 71.1 cm³/mol. The molecular formula is C14H13FN2O3. The van der Waals surface area contributed by atoms with Gasteiger partial charge in [-0.15, -0.1) is 0 Å². The molecule has 0 atom stereocenters. The highest BCUT2D eigenvalue weighted by atomic mass is 19.1. The highest BCUT2D eigenvalue weighted by Crippen LogP contribution is 2.15. The van der Waals surface area contributed by atoms with Crippen LogP contribution in [0.25, 0.3) is 5.69 Å². The Labute approximate surface area is 114 Å². The van der Waals surface area contributed by atoms with Gasteiger partial charge in [-0.3, -0.25) is 9.59 Å². The second kappa shape index (κ2) is 5.24. The Hall–Kier alpha value is -2.50. The van der Waals surface area contributed by atoms with Crippen molar-refractivity contribution in [3.8, 4) is 11.4 Å². The van der Waals surface area contributed by atoms with Crippen LogP contribution in [-0.4, -0.2) is 22.7 Å². The van der Waals surface area contributed by atoms with E-state index in [1.54, 1.807) is 13.0 Å². The Bertz CT molecular complexity index is 738. The van der Waals surface area contributed by atoms with E-state index in [2.05, 4.69) is 5.10 Å². The first-order valence-electron chi connectivity index (χ1n) is 5.89. The van der Waals surface area contributed by atoms with Gasteiger partial charge < -0.3 is 4.74 Å². The van der Waals surface area contributed by atoms with E-state index in [0.717, 1.165) is 10.2 Å². The summed E-state index contributed by atoms with van der Waals surface area (Å²) in [6, 6.07) is 4.57. The van der Waals surface area contributed by atoms with E-state index in [1.807, 2.05) is 0 Å². The molecule has 20 heavy (non-hydrogen) atoms. The predicted octanol–water partition coefficient (Wildman–Crippen LogP) is 1.89. The Kier molecular flexibility index (Phi) is 3.65. The summed E-state index contributed by atoms with van der Waals surface area (Å²) in [6.45, 7) is 2.98. The smallest absolute Gasteiger partial charge is 0.252 e. The fourth-order valence-electron chi connectivity index (χ4n) is 1.77. The molecule has 0 aliphatic carbocycles. The number of rotatable bonds is 3. The molecule has 0 unspecified atom stereocenters. The van der Waals surface area contributed by atoms with Crippen LogP contribution in [0.5, 0.6) is 5.75 Å². The van der Waals surface area contributed by atoms with Gasteiger partial charge >= 0.3 is 0 Å². The number of nitrogens with zero attached hydrogens (tertiary/aromatic N) is 2. The number of benzene rings is 1. The minimum absolute atomic E-state index is 0.0647. The molecule has 6 heteroatoms. The minimum Gasteiger partial charge on any atom is -0.491 e. The lowest BCUT2D eigenvalue weighted by Gasteiger charge is -2.10. The first kappa shape index (κ1) is 13.9. The minimum atomic E-state index is -0.608. The number of hydrogen-bond donors (Lipinski definition) is 0. The van der Waals surface area contributed by atoms with Gasteiger partial charge in [-0.25, -0.2) is 9.07 Å². The Morgan fingerprint density at radius 1 is 1.40 bits per heavy atom. The zero-order valence-electron chi connectivity index (χ0n) is 11.3. The third-order valence-corrected chi connectivity index (χ3v) is 2.79. The normalized spacial score (nSPS) is 10.4. The number of aromatic nitrogens is 2. The molecule has 0 radical (unpaired) electrons. The number of ketones is 1. The van der Waals surface area contributed by atoms with Crippen molar-refractivity contribution in [2.24, 2.45) is 0 Å². The van der Waals surface area contributed by atoms with E-state index in [0.29, 0.717) is 0 Å². The molecule has 1 heterocycles. The number of methoxy groups -OCH3 is 1. The van der Waals surface area contributed by atoms with Crippen LogP contribution < -0.4 is 10.2 Å². The van der Waals surface area contributed by atoms with E-state index >= 15 is 0 Å². The zero-order valence-corrected chi connectivity index (χ0v) is 11.3. The van der Waals surface area contributed by atoms with Crippen molar-refractivity contribution < 1.29 is 13.9 Å². The number of ether oxygens (including phenoxy) is 1. The molecule has 2 aromatic rings. The topological polar surface area (TPSA) is 61.2 Å². The van der Waals surface area contributed by atoms with E-state index in [1.165, 1.54) is 32.4 Å². The Balaban J connectivity index is 2.71. The molecule has 1 aromatic heterocycles. The number of carbonyl (C=O) groups excluding carboxylic acids is 1. The third kappa shape index (κ3) is 2.45. The lowest BCUT2D eigenvalue weighted by molar-refractivity contribution is 0.100. The van der Waals surface area contributed by atoms with Gasteiger partial charge in [-0.2, -0.15) is 5.10 Å². The molecule has 0 saturated carbocycles. The molecule has 1 aromatic carbocycles. The van der Waals surface area contributed by atoms with Gasteiger partial charge in [0.1, 0.15) is 11.5 Å². The number of aryl methyl sites for hydroxylation is 1. The van der Waals surface area contributed by atoms with E-state index in [9.17, 15) is 14.0 Å². The van der Waals surface area contributed by atoms with Crippen LogP contribution in [-0.2, 0) is 0 Å². The molecule has 104 valence electrons. The molecule has 0 aliphatic heterocycles. The lowest BCUT2D eigenvalue weighted by Crippen LogP contribution is -2.22. The van der Waals surface area contributed by atoms with Crippen molar-refractivity contribution in [3.63, 3.8) is 0 Å². The summed E-state index contributed by atoms with van der Waals surface area (Å²) >= 11 is 0. The highest BCUT2D eigenvalue weighted by molar-refractivity contribution is 5.92. The van der Waals surface area contributed by atoms with Crippen LogP contribution in [0.1, 0.15) is 23.0 Å². The maximum atomic E-state index is 13.9. The Morgan fingerprint density at radius 3 is 2.65 bits per heavy atom. The fourth-order valence-corrected chi connectivity index (χ4v) is 1.77. The van der Waals surface area contributed by atoms with Crippen LogP contribution in [0.2, 0.25) is 0 Å². The maximum absolute atomic E-state index is 13.9. The van der Waals surface area contributed by atoms with Crippen LogP contribution >= 0.6 is 0 Å². The average Bonchev–Trinajstić information content (AvgIpc) is 2.39. The van der Waals surface area contributed by atoms with E-state index in [4.69, 9.17) is 4.74 Å². The second-order valence-electron chi connectivity index (χ2n) is 4.33. The molecule has 0 aliphatic rings. The quantitative estimate of drug-likeness (QED) is 0.803. The summed E-state index contributed by atoms with van der Waals surface area (Å²) in [5, 5.41) is 3.88. The summed E-state index contributed by atoms with van der Waals surface area (Å²) in [5.74, 6) is -1.07. The summed E-state index contributed by atoms with van der Waals surface area (Å²) in [4.78, 5) is 23.3. The van der Waals surface area contributed by atoms with Crippen LogP contribution in [0, 0.1) is 12.7 Å². The first-order chi connectivity index (χ1) is 9.43. The van der Waals surface area contributed by atoms with Crippen molar-refractivity contribution in [2.75, 3.05) is 7.11 Å². The molecule has 5 nitrogen and oxygen atoms in total. The molecule has 0 spiro atoms. The monoisotopic (exact) mass is 276 g/mol. The molecule has 0 N–H and O–H groups in total. The molecule has 0 amide bonds. The van der Waals surface area contributed by atoms with Crippen molar-refractivity contribution >= 4 is 5.78 Å². The van der Waals surface area contributed by atoms with Gasteiger partial charge in [0.15, 0.2) is 17.2 Å². The third-order valence-electron chi connectivity index (χ3n) is 2.79. The first-order valence-corrected chi connectivity index (χ1v) is 5.89. The largest absolute Gasteiger partial charge is 0.491 e. The van der Waals surface area contributed by atoms with Crippen LogP contribution in [0.15, 0.2) is 29.2 Å². The second-order valence-corrected chi connectivity index (χ2v) is 4.33. The summed E-state index contributed by atoms with van der Waals surface area (Å²) < 4.78 is 20.0. The number of carbonyl (C=O) groups is 1. The molecule has 0 fully saturated rings. The van der Waals surface area contributed by atoms with Gasteiger partial charge in [-0.05, 0) is 24.6 Å². The van der Waals surface area contributed by atoms with Crippen molar-refractivity contribution in [3.05, 3.63) is 51.7 Å². The van der Waals surface area contributed by atoms with Gasteiger partial charge in [0.2, 0.25) is 0 Å². The molecular weight excluding hydrogens is 263 g/mol. The molecule has 0 bridgehead atoms. The summed E-state index contributed by atoms with van der Waals surface area (Å²) in [7, 11) is 1.30. The van der Waals surface area contributed by atoms with Gasteiger partial charge in [-0.1, -0.05) is 6.07 Å². The van der Waals surface area contributed by atoms with E-state index < -0.39 is 17.0 Å². The SMILES string of the molecule is COc1cn(-c2ccc(C)cc2F)nc(C(C)=O)c1=O. The highest BCUT2D eigenvalue weighted by Gasteiger charge is 2.16. The van der Waals surface area contributed by atoms with Gasteiger partial charge in [0, 0.05) is 6.92 Å². The number of halogens is 1.